The molecule has 0 atom stereocenters. The smallest absolute Gasteiger partial charge is 0.252 e. The van der Waals surface area contributed by atoms with Crippen molar-refractivity contribution in [2.24, 2.45) is 0 Å². The third-order valence-corrected chi connectivity index (χ3v) is 8.00. The zero-order chi connectivity index (χ0) is 27.5. The molecule has 0 spiro atoms. The number of nitrogens with zero attached hydrogens (tertiary/aromatic N) is 4. The van der Waals surface area contributed by atoms with Crippen LogP contribution in [0.2, 0.25) is 0 Å². The molecular formula is C35H25BN4. The molecule has 3 heterocycles. The monoisotopic (exact) mass is 513 g/mol. The second kappa shape index (κ2) is 8.96. The molecule has 188 valence electrons. The zero-order valence-corrected chi connectivity index (χ0v) is 22.0. The SMILES string of the molecule is [2H]c1ccc2c(c1)B1c3ccccc3N(c3ccccc3)c3cc(-c4nccnc4C)cc(c31)N2c1ccccc1. The van der Waals surface area contributed by atoms with Gasteiger partial charge in [-0.05, 0) is 71.8 Å². The van der Waals surface area contributed by atoms with Crippen molar-refractivity contribution in [3.8, 4) is 11.3 Å². The Morgan fingerprint density at radius 1 is 0.600 bits per heavy atom. The van der Waals surface area contributed by atoms with Gasteiger partial charge in [0.2, 0.25) is 0 Å². The van der Waals surface area contributed by atoms with Crippen LogP contribution in [0.15, 0.2) is 134 Å². The van der Waals surface area contributed by atoms with Crippen LogP contribution >= 0.6 is 0 Å². The van der Waals surface area contributed by atoms with Crippen LogP contribution in [0.4, 0.5) is 34.1 Å². The number of para-hydroxylation sites is 4. The predicted molar refractivity (Wildman–Crippen MR) is 166 cm³/mol. The maximum Gasteiger partial charge on any atom is 0.252 e. The first-order chi connectivity index (χ1) is 20.2. The van der Waals surface area contributed by atoms with E-state index in [2.05, 4.69) is 112 Å². The van der Waals surface area contributed by atoms with Crippen molar-refractivity contribution in [3.63, 3.8) is 0 Å². The largest absolute Gasteiger partial charge is 0.311 e. The van der Waals surface area contributed by atoms with Crippen LogP contribution in [0.1, 0.15) is 7.06 Å². The fourth-order valence-corrected chi connectivity index (χ4v) is 6.37. The van der Waals surface area contributed by atoms with Gasteiger partial charge in [0.15, 0.2) is 0 Å². The number of anilines is 6. The van der Waals surface area contributed by atoms with Gasteiger partial charge in [-0.15, -0.1) is 0 Å². The predicted octanol–water partition coefficient (Wildman–Crippen LogP) is 6.53. The summed E-state index contributed by atoms with van der Waals surface area (Å²) < 4.78 is 8.61. The van der Waals surface area contributed by atoms with E-state index >= 15 is 0 Å². The molecule has 4 nitrogen and oxygen atoms in total. The lowest BCUT2D eigenvalue weighted by molar-refractivity contribution is 1.12. The summed E-state index contributed by atoms with van der Waals surface area (Å²) in [5, 5.41) is 0. The molecular weight excluding hydrogens is 487 g/mol. The molecule has 0 saturated carbocycles. The van der Waals surface area contributed by atoms with E-state index in [4.69, 9.17) is 6.35 Å². The van der Waals surface area contributed by atoms with Gasteiger partial charge in [-0.1, -0.05) is 72.8 Å². The zero-order valence-electron chi connectivity index (χ0n) is 23.0. The molecule has 5 heteroatoms. The van der Waals surface area contributed by atoms with Crippen molar-refractivity contribution >= 4 is 57.2 Å². The van der Waals surface area contributed by atoms with Crippen LogP contribution in [-0.2, 0) is 0 Å². The minimum atomic E-state index is -0.0200. The average molecular weight is 513 g/mol. The summed E-state index contributed by atoms with van der Waals surface area (Å²) in [5.74, 6) is 0. The van der Waals surface area contributed by atoms with E-state index in [1.54, 1.807) is 12.4 Å². The summed E-state index contributed by atoms with van der Waals surface area (Å²) in [5.41, 5.74) is 13.0. The van der Waals surface area contributed by atoms with Crippen LogP contribution in [0.5, 0.6) is 0 Å². The van der Waals surface area contributed by atoms with Crippen LogP contribution < -0.4 is 26.2 Å². The lowest BCUT2D eigenvalue weighted by Gasteiger charge is -2.44. The highest BCUT2D eigenvalue weighted by Gasteiger charge is 2.43. The van der Waals surface area contributed by atoms with E-state index in [1.807, 2.05) is 25.1 Å². The summed E-state index contributed by atoms with van der Waals surface area (Å²) in [6.07, 6.45) is 3.51. The molecule has 0 amide bonds. The highest BCUT2D eigenvalue weighted by molar-refractivity contribution is 7.00. The molecule has 0 radical (unpaired) electrons. The Hall–Kier alpha value is -5.16. The molecule has 5 aromatic carbocycles. The number of rotatable bonds is 3. The number of hydrogen-bond donors (Lipinski definition) is 0. The van der Waals surface area contributed by atoms with E-state index in [1.165, 1.54) is 10.9 Å². The quantitative estimate of drug-likeness (QED) is 0.252. The molecule has 6 aromatic rings. The normalized spacial score (nSPS) is 13.3. The van der Waals surface area contributed by atoms with Crippen LogP contribution in [0.25, 0.3) is 11.3 Å². The fraction of sp³-hybridized carbons (Fsp3) is 0.0286. The number of fused-ring (bicyclic) bond motifs is 4. The molecule has 0 unspecified atom stereocenters. The standard InChI is InChI=1S/C35H25BN4/c1-24-35(38-21-20-37-24)25-22-32-34-33(23-25)40(27-14-6-3-7-15-27)31-19-11-9-17-29(31)36(34)28-16-8-10-18-30(28)39(32)26-12-4-2-5-13-26/h2-23H,1H3/i8D. The maximum absolute atomic E-state index is 8.61. The van der Waals surface area contributed by atoms with Gasteiger partial charge in [0.1, 0.15) is 0 Å². The number of hydrogen-bond acceptors (Lipinski definition) is 4. The molecule has 8 rings (SSSR count). The lowest BCUT2D eigenvalue weighted by Crippen LogP contribution is -2.61. The molecule has 1 aromatic heterocycles. The first kappa shape index (κ1) is 21.7. The molecule has 0 N–H and O–H groups in total. The topological polar surface area (TPSA) is 32.3 Å². The second-order valence-electron chi connectivity index (χ2n) is 10.2. The molecule has 0 aliphatic carbocycles. The van der Waals surface area contributed by atoms with Crippen molar-refractivity contribution in [2.45, 2.75) is 6.92 Å². The summed E-state index contributed by atoms with van der Waals surface area (Å²) in [6, 6.07) is 40.8. The molecule has 0 saturated heterocycles. The Balaban J connectivity index is 1.53. The van der Waals surface area contributed by atoms with Gasteiger partial charge in [0.05, 0.1) is 12.8 Å². The van der Waals surface area contributed by atoms with Crippen molar-refractivity contribution in [3.05, 3.63) is 139 Å². The Bertz CT molecular complexity index is 1930. The lowest BCUT2D eigenvalue weighted by atomic mass is 9.33. The van der Waals surface area contributed by atoms with Gasteiger partial charge in [0.25, 0.3) is 6.71 Å². The van der Waals surface area contributed by atoms with Gasteiger partial charge < -0.3 is 9.80 Å². The number of aromatic nitrogens is 2. The third-order valence-electron chi connectivity index (χ3n) is 8.00. The van der Waals surface area contributed by atoms with E-state index in [9.17, 15) is 0 Å². The Morgan fingerprint density at radius 2 is 1.15 bits per heavy atom. The van der Waals surface area contributed by atoms with Crippen LogP contribution in [0.3, 0.4) is 0 Å². The van der Waals surface area contributed by atoms with Crippen LogP contribution in [-0.4, -0.2) is 16.7 Å². The highest BCUT2D eigenvalue weighted by atomic mass is 15.2. The highest BCUT2D eigenvalue weighted by Crippen LogP contribution is 2.45. The Labute approximate surface area is 235 Å². The van der Waals surface area contributed by atoms with Gasteiger partial charge >= 0.3 is 0 Å². The second-order valence-corrected chi connectivity index (χ2v) is 10.2. The van der Waals surface area contributed by atoms with Crippen molar-refractivity contribution < 1.29 is 1.37 Å². The Morgan fingerprint density at radius 3 is 1.80 bits per heavy atom. The Kier molecular flexibility index (Phi) is 4.87. The summed E-state index contributed by atoms with van der Waals surface area (Å²) in [6.45, 7) is 1.99. The van der Waals surface area contributed by atoms with Crippen molar-refractivity contribution in [1.82, 2.24) is 9.97 Å². The van der Waals surface area contributed by atoms with E-state index in [0.717, 1.165) is 56.5 Å². The molecule has 0 fully saturated rings. The number of aryl methyl sites for hydroxylation is 1. The van der Waals surface area contributed by atoms with Crippen molar-refractivity contribution in [1.29, 1.82) is 0 Å². The van der Waals surface area contributed by atoms with E-state index in [0.29, 0.717) is 6.04 Å². The fourth-order valence-electron chi connectivity index (χ4n) is 6.37. The van der Waals surface area contributed by atoms with Crippen molar-refractivity contribution in [2.75, 3.05) is 9.80 Å². The van der Waals surface area contributed by atoms with Gasteiger partial charge in [-0.25, -0.2) is 0 Å². The van der Waals surface area contributed by atoms with Gasteiger partial charge in [-0.3, -0.25) is 9.97 Å². The minimum Gasteiger partial charge on any atom is -0.311 e. The molecule has 40 heavy (non-hydrogen) atoms. The van der Waals surface area contributed by atoms with E-state index in [-0.39, 0.29) is 6.71 Å². The van der Waals surface area contributed by atoms with Gasteiger partial charge in [0, 0.05) is 52.1 Å². The minimum absolute atomic E-state index is 0.0200. The molecule has 2 aliphatic rings. The third kappa shape index (κ3) is 3.34. The summed E-state index contributed by atoms with van der Waals surface area (Å²) in [7, 11) is 0. The van der Waals surface area contributed by atoms with E-state index < -0.39 is 0 Å². The average Bonchev–Trinajstić information content (AvgIpc) is 3.02. The molecule has 0 bridgehead atoms. The summed E-state index contributed by atoms with van der Waals surface area (Å²) >= 11 is 0. The molecule has 2 aliphatic heterocycles. The first-order valence-electron chi connectivity index (χ1n) is 14.0. The first-order valence-corrected chi connectivity index (χ1v) is 13.5. The van der Waals surface area contributed by atoms with Gasteiger partial charge in [-0.2, -0.15) is 0 Å². The van der Waals surface area contributed by atoms with Crippen LogP contribution in [0, 0.1) is 6.92 Å². The number of benzene rings is 5. The summed E-state index contributed by atoms with van der Waals surface area (Å²) in [4.78, 5) is 14.1. The maximum atomic E-state index is 8.61.